The summed E-state index contributed by atoms with van der Waals surface area (Å²) in [5, 5.41) is 0. The van der Waals surface area contributed by atoms with Gasteiger partial charge < -0.3 is 9.47 Å². The summed E-state index contributed by atoms with van der Waals surface area (Å²) in [6.07, 6.45) is 4.93. The summed E-state index contributed by atoms with van der Waals surface area (Å²) in [5.74, 6) is -0.668. The summed E-state index contributed by atoms with van der Waals surface area (Å²) < 4.78 is 9.91. The zero-order valence-corrected chi connectivity index (χ0v) is 10.5. The molecule has 0 saturated carbocycles. The highest BCUT2D eigenvalue weighted by Crippen LogP contribution is 2.09. The molecule has 0 bridgehead atoms. The van der Waals surface area contributed by atoms with Gasteiger partial charge in [-0.1, -0.05) is 26.2 Å². The van der Waals surface area contributed by atoms with Gasteiger partial charge in [-0.2, -0.15) is 0 Å². The normalized spacial score (nSPS) is 11.9. The van der Waals surface area contributed by atoms with Crippen LogP contribution < -0.4 is 0 Å². The molecule has 0 aromatic rings. The first-order valence-electron chi connectivity index (χ1n) is 5.86. The fourth-order valence-electron chi connectivity index (χ4n) is 1.42. The van der Waals surface area contributed by atoms with Crippen molar-refractivity contribution >= 4 is 11.9 Å². The van der Waals surface area contributed by atoms with Gasteiger partial charge in [-0.3, -0.25) is 9.59 Å². The van der Waals surface area contributed by atoms with Crippen molar-refractivity contribution < 1.29 is 19.1 Å². The van der Waals surface area contributed by atoms with E-state index in [-0.39, 0.29) is 24.6 Å². The Balaban J connectivity index is 3.80. The van der Waals surface area contributed by atoms with E-state index in [1.54, 1.807) is 0 Å². The van der Waals surface area contributed by atoms with Gasteiger partial charge in [0.2, 0.25) is 0 Å². The monoisotopic (exact) mass is 230 g/mol. The summed E-state index contributed by atoms with van der Waals surface area (Å²) >= 11 is 0. The van der Waals surface area contributed by atoms with E-state index in [9.17, 15) is 9.59 Å². The molecule has 94 valence electrons. The number of carbonyl (C=O) groups excluding carboxylic acids is 2. The van der Waals surface area contributed by atoms with Gasteiger partial charge in [-0.25, -0.2) is 0 Å². The molecule has 0 N–H and O–H groups in total. The Hall–Kier alpha value is -1.06. The lowest BCUT2D eigenvalue weighted by Crippen LogP contribution is -2.23. The zero-order chi connectivity index (χ0) is 12.4. The number of carbonyl (C=O) groups is 2. The number of ether oxygens (including phenoxy) is 2. The van der Waals surface area contributed by atoms with Crippen molar-refractivity contribution in [2.75, 3.05) is 6.61 Å². The standard InChI is InChI=1S/C12H22O4/c1-4-5-6-7-8-12(16-11(3)14)9-15-10(2)13/h12H,4-9H2,1-3H3/t12-/m0/s1. The minimum atomic E-state index is -0.342. The average Bonchev–Trinajstić information content (AvgIpc) is 2.19. The highest BCUT2D eigenvalue weighted by Gasteiger charge is 2.13. The van der Waals surface area contributed by atoms with E-state index in [0.717, 1.165) is 19.3 Å². The van der Waals surface area contributed by atoms with E-state index < -0.39 is 0 Å². The minimum absolute atomic E-state index is 0.168. The predicted octanol–water partition coefficient (Wildman–Crippen LogP) is 2.45. The van der Waals surface area contributed by atoms with Crippen molar-refractivity contribution in [3.63, 3.8) is 0 Å². The summed E-state index contributed by atoms with van der Waals surface area (Å²) in [7, 11) is 0. The van der Waals surface area contributed by atoms with Gasteiger partial charge in [-0.15, -0.1) is 0 Å². The van der Waals surface area contributed by atoms with Crippen LogP contribution in [0.3, 0.4) is 0 Å². The summed E-state index contributed by atoms with van der Waals surface area (Å²) in [5.41, 5.74) is 0. The highest BCUT2D eigenvalue weighted by molar-refractivity contribution is 5.67. The van der Waals surface area contributed by atoms with Crippen molar-refractivity contribution in [3.8, 4) is 0 Å². The first kappa shape index (κ1) is 14.9. The number of rotatable bonds is 8. The van der Waals surface area contributed by atoms with E-state index in [4.69, 9.17) is 9.47 Å². The second-order valence-electron chi connectivity index (χ2n) is 3.88. The molecule has 0 aromatic heterocycles. The molecule has 0 aliphatic heterocycles. The van der Waals surface area contributed by atoms with Gasteiger partial charge >= 0.3 is 11.9 Å². The molecule has 0 radical (unpaired) electrons. The van der Waals surface area contributed by atoms with Crippen molar-refractivity contribution in [1.29, 1.82) is 0 Å². The average molecular weight is 230 g/mol. The van der Waals surface area contributed by atoms with Crippen LogP contribution in [0.25, 0.3) is 0 Å². The molecule has 0 saturated heterocycles. The zero-order valence-electron chi connectivity index (χ0n) is 10.5. The van der Waals surface area contributed by atoms with Gasteiger partial charge in [-0.05, 0) is 12.8 Å². The van der Waals surface area contributed by atoms with Crippen molar-refractivity contribution in [2.45, 2.75) is 59.0 Å². The Morgan fingerprint density at radius 3 is 2.25 bits per heavy atom. The third-order valence-electron chi connectivity index (χ3n) is 2.18. The second-order valence-corrected chi connectivity index (χ2v) is 3.88. The molecule has 0 amide bonds. The van der Waals surface area contributed by atoms with Gasteiger partial charge in [0, 0.05) is 13.8 Å². The largest absolute Gasteiger partial charge is 0.462 e. The minimum Gasteiger partial charge on any atom is -0.462 e. The van der Waals surface area contributed by atoms with Crippen molar-refractivity contribution in [2.24, 2.45) is 0 Å². The molecule has 4 heteroatoms. The highest BCUT2D eigenvalue weighted by atomic mass is 16.6. The van der Waals surface area contributed by atoms with Gasteiger partial charge in [0.05, 0.1) is 0 Å². The lowest BCUT2D eigenvalue weighted by Gasteiger charge is -2.16. The predicted molar refractivity (Wildman–Crippen MR) is 60.9 cm³/mol. The number of esters is 2. The maximum Gasteiger partial charge on any atom is 0.303 e. The molecule has 0 fully saturated rings. The van der Waals surface area contributed by atoms with Gasteiger partial charge in [0.15, 0.2) is 0 Å². The maximum atomic E-state index is 10.8. The second kappa shape index (κ2) is 9.19. The van der Waals surface area contributed by atoms with E-state index in [2.05, 4.69) is 6.92 Å². The first-order chi connectivity index (χ1) is 7.56. The van der Waals surface area contributed by atoms with Crippen LogP contribution in [-0.2, 0) is 19.1 Å². The Morgan fingerprint density at radius 2 is 1.75 bits per heavy atom. The molecule has 0 unspecified atom stereocenters. The molecule has 0 rings (SSSR count). The molecular formula is C12H22O4. The maximum absolute atomic E-state index is 10.8. The molecule has 0 heterocycles. The molecule has 0 aliphatic rings. The van der Waals surface area contributed by atoms with Crippen LogP contribution in [0.2, 0.25) is 0 Å². The van der Waals surface area contributed by atoms with E-state index in [0.29, 0.717) is 0 Å². The van der Waals surface area contributed by atoms with Crippen LogP contribution in [-0.4, -0.2) is 24.6 Å². The fraction of sp³-hybridized carbons (Fsp3) is 0.833. The topological polar surface area (TPSA) is 52.6 Å². The fourth-order valence-corrected chi connectivity index (χ4v) is 1.42. The molecular weight excluding hydrogens is 208 g/mol. The number of unbranched alkanes of at least 4 members (excludes halogenated alkanes) is 3. The quantitative estimate of drug-likeness (QED) is 0.475. The summed E-state index contributed by atoms with van der Waals surface area (Å²) in [6, 6.07) is 0. The smallest absolute Gasteiger partial charge is 0.303 e. The molecule has 0 aliphatic carbocycles. The van der Waals surface area contributed by atoms with Crippen molar-refractivity contribution in [1.82, 2.24) is 0 Å². The molecule has 4 nitrogen and oxygen atoms in total. The Kier molecular flexibility index (Phi) is 8.58. The van der Waals surface area contributed by atoms with E-state index in [1.165, 1.54) is 26.7 Å². The molecule has 0 aromatic carbocycles. The molecule has 16 heavy (non-hydrogen) atoms. The van der Waals surface area contributed by atoms with Gasteiger partial charge in [0.25, 0.3) is 0 Å². The summed E-state index contributed by atoms with van der Waals surface area (Å²) in [4.78, 5) is 21.5. The number of hydrogen-bond acceptors (Lipinski definition) is 4. The van der Waals surface area contributed by atoms with Gasteiger partial charge in [0.1, 0.15) is 12.7 Å². The van der Waals surface area contributed by atoms with Crippen LogP contribution in [0, 0.1) is 0 Å². The van der Waals surface area contributed by atoms with Crippen LogP contribution in [0.4, 0.5) is 0 Å². The lowest BCUT2D eigenvalue weighted by molar-refractivity contribution is -0.156. The Bertz CT molecular complexity index is 213. The van der Waals surface area contributed by atoms with E-state index >= 15 is 0 Å². The molecule has 1 atom stereocenters. The first-order valence-corrected chi connectivity index (χ1v) is 5.86. The Labute approximate surface area is 97.3 Å². The third-order valence-corrected chi connectivity index (χ3v) is 2.18. The third kappa shape index (κ3) is 9.49. The van der Waals surface area contributed by atoms with Crippen LogP contribution in [0.5, 0.6) is 0 Å². The van der Waals surface area contributed by atoms with Crippen LogP contribution in [0.15, 0.2) is 0 Å². The van der Waals surface area contributed by atoms with Crippen LogP contribution >= 0.6 is 0 Å². The van der Waals surface area contributed by atoms with Crippen LogP contribution in [0.1, 0.15) is 52.9 Å². The lowest BCUT2D eigenvalue weighted by atomic mass is 10.1. The SMILES string of the molecule is CCCCCC[C@@H](COC(C)=O)OC(C)=O. The van der Waals surface area contributed by atoms with Crippen molar-refractivity contribution in [3.05, 3.63) is 0 Å². The van der Waals surface area contributed by atoms with E-state index in [1.807, 2.05) is 0 Å². The molecule has 0 spiro atoms. The number of hydrogen-bond donors (Lipinski definition) is 0. The Morgan fingerprint density at radius 1 is 1.06 bits per heavy atom. The summed E-state index contributed by atoms with van der Waals surface area (Å²) in [6.45, 7) is 5.03.